The summed E-state index contributed by atoms with van der Waals surface area (Å²) in [5.41, 5.74) is 2.44. The molecule has 1 amide bonds. The molecule has 3 N–H and O–H groups in total. The topological polar surface area (TPSA) is 82.0 Å². The van der Waals surface area contributed by atoms with Gasteiger partial charge in [-0.25, -0.2) is 4.79 Å². The number of fused-ring (bicyclic) bond motifs is 1. The van der Waals surface area contributed by atoms with Crippen LogP contribution in [0.5, 0.6) is 17.2 Å². The minimum Gasteiger partial charge on any atom is -0.507 e. The second kappa shape index (κ2) is 10.4. The van der Waals surface area contributed by atoms with Crippen LogP contribution in [-0.2, 0) is 0 Å². The number of phenols is 2. The molecule has 0 fully saturated rings. The van der Waals surface area contributed by atoms with Crippen molar-refractivity contribution in [2.45, 2.75) is 25.2 Å². The first-order valence-electron chi connectivity index (χ1n) is 11.4. The van der Waals surface area contributed by atoms with Crippen LogP contribution in [0.3, 0.4) is 0 Å². The zero-order valence-electron chi connectivity index (χ0n) is 19.3. The lowest BCUT2D eigenvalue weighted by molar-refractivity contribution is 0.161. The monoisotopic (exact) mass is 480 g/mol. The lowest BCUT2D eigenvalue weighted by Crippen LogP contribution is -2.35. The van der Waals surface area contributed by atoms with Gasteiger partial charge in [-0.1, -0.05) is 54.1 Å². The van der Waals surface area contributed by atoms with Gasteiger partial charge in [0, 0.05) is 35.9 Å². The summed E-state index contributed by atoms with van der Waals surface area (Å²) in [6.07, 6.45) is 3.75. The molecule has 0 spiro atoms. The normalized spacial score (nSPS) is 15.7. The summed E-state index contributed by atoms with van der Waals surface area (Å²) in [5.74, 6) is 0.175. The molecule has 1 atom stereocenters. The molecule has 0 radical (unpaired) electrons. The second-order valence-corrected chi connectivity index (χ2v) is 9.03. The van der Waals surface area contributed by atoms with Gasteiger partial charge in [0.15, 0.2) is 11.5 Å². The Morgan fingerprint density at radius 2 is 1.79 bits per heavy atom. The van der Waals surface area contributed by atoms with Crippen molar-refractivity contribution >= 4 is 34.0 Å². The minimum absolute atomic E-state index is 0.00488. The number of rotatable bonds is 6. The molecule has 1 unspecified atom stereocenters. The van der Waals surface area contributed by atoms with E-state index in [9.17, 15) is 15.0 Å². The quantitative estimate of drug-likeness (QED) is 0.382. The first-order valence-corrected chi connectivity index (χ1v) is 11.8. The highest BCUT2D eigenvalue weighted by Gasteiger charge is 2.28. The van der Waals surface area contributed by atoms with E-state index in [1.54, 1.807) is 38.4 Å². The fourth-order valence-corrected chi connectivity index (χ4v) is 4.54. The number of ether oxygens (including phenoxy) is 1. The molecule has 0 saturated heterocycles. The summed E-state index contributed by atoms with van der Waals surface area (Å²) >= 11 is 6.03. The zero-order chi connectivity index (χ0) is 24.2. The van der Waals surface area contributed by atoms with Gasteiger partial charge in [0.1, 0.15) is 5.75 Å². The standard InChI is InChI=1S/C27H29ClN2O4/c1-29-15-16-30(2)27(33)34-26-23(24(31)21-5-3-4-6-22(21)25(26)32)19-9-7-17(8-10-19)18-11-13-20(28)14-12-18/h3-6,9,11-14,17,29,31-32H,7-8,10,15-16H2,1-2H3. The first-order chi connectivity index (χ1) is 16.4. The summed E-state index contributed by atoms with van der Waals surface area (Å²) in [6.45, 7) is 1.04. The number of allylic oxidation sites excluding steroid dienone is 2. The number of hydrogen-bond donors (Lipinski definition) is 3. The van der Waals surface area contributed by atoms with Gasteiger partial charge >= 0.3 is 6.09 Å². The van der Waals surface area contributed by atoms with Gasteiger partial charge in [-0.05, 0) is 55.5 Å². The molecule has 1 aliphatic rings. The van der Waals surface area contributed by atoms with Crippen LogP contribution in [-0.4, -0.2) is 48.4 Å². The van der Waals surface area contributed by atoms with Crippen LogP contribution in [0.1, 0.15) is 36.3 Å². The fraction of sp³-hybridized carbons (Fsp3) is 0.296. The number of likely N-dealkylation sites (N-methyl/N-ethyl adjacent to an activating group) is 2. The molecule has 178 valence electrons. The fourth-order valence-electron chi connectivity index (χ4n) is 4.41. The predicted molar refractivity (Wildman–Crippen MR) is 136 cm³/mol. The van der Waals surface area contributed by atoms with E-state index in [2.05, 4.69) is 11.4 Å². The Morgan fingerprint density at radius 3 is 2.41 bits per heavy atom. The molecule has 0 bridgehead atoms. The lowest BCUT2D eigenvalue weighted by Gasteiger charge is -2.25. The van der Waals surface area contributed by atoms with Crippen LogP contribution in [0.4, 0.5) is 4.79 Å². The number of benzene rings is 3. The van der Waals surface area contributed by atoms with Gasteiger partial charge < -0.3 is 25.2 Å². The summed E-state index contributed by atoms with van der Waals surface area (Å²) in [6, 6.07) is 14.9. The van der Waals surface area contributed by atoms with E-state index in [1.165, 1.54) is 10.5 Å². The maximum Gasteiger partial charge on any atom is 0.415 e. The number of amides is 1. The first kappa shape index (κ1) is 23.9. The molecular formula is C27H29ClN2O4. The summed E-state index contributed by atoms with van der Waals surface area (Å²) in [7, 11) is 3.44. The highest BCUT2D eigenvalue weighted by Crippen LogP contribution is 2.50. The Balaban J connectivity index is 1.72. The Bertz CT molecular complexity index is 1220. The van der Waals surface area contributed by atoms with Gasteiger partial charge in [0.2, 0.25) is 0 Å². The Labute approximate surface area is 204 Å². The van der Waals surface area contributed by atoms with Crippen molar-refractivity contribution < 1.29 is 19.7 Å². The third-order valence-corrected chi connectivity index (χ3v) is 6.64. The third kappa shape index (κ3) is 4.83. The lowest BCUT2D eigenvalue weighted by atomic mass is 9.82. The van der Waals surface area contributed by atoms with Crippen LogP contribution in [0.2, 0.25) is 5.02 Å². The molecule has 0 aromatic heterocycles. The van der Waals surface area contributed by atoms with E-state index >= 15 is 0 Å². The minimum atomic E-state index is -0.600. The zero-order valence-corrected chi connectivity index (χ0v) is 20.1. The molecule has 6 nitrogen and oxygen atoms in total. The number of nitrogens with one attached hydrogen (secondary N) is 1. The van der Waals surface area contributed by atoms with E-state index in [-0.39, 0.29) is 17.2 Å². The Kier molecular flexibility index (Phi) is 7.29. The molecular weight excluding hydrogens is 452 g/mol. The highest BCUT2D eigenvalue weighted by molar-refractivity contribution is 6.30. The van der Waals surface area contributed by atoms with Gasteiger partial charge in [0.25, 0.3) is 0 Å². The molecule has 3 aromatic rings. The van der Waals surface area contributed by atoms with E-state index in [0.29, 0.717) is 46.8 Å². The maximum absolute atomic E-state index is 12.8. The summed E-state index contributed by atoms with van der Waals surface area (Å²) in [4.78, 5) is 14.2. The number of phenolic OH excluding ortho intramolecular Hbond substituents is 2. The largest absolute Gasteiger partial charge is 0.507 e. The number of nitrogens with zero attached hydrogens (tertiary/aromatic N) is 1. The van der Waals surface area contributed by atoms with Crippen molar-refractivity contribution in [1.29, 1.82) is 0 Å². The van der Waals surface area contributed by atoms with E-state index in [1.807, 2.05) is 24.3 Å². The van der Waals surface area contributed by atoms with Crippen LogP contribution in [0.25, 0.3) is 16.3 Å². The average molecular weight is 481 g/mol. The van der Waals surface area contributed by atoms with Crippen LogP contribution >= 0.6 is 11.6 Å². The van der Waals surface area contributed by atoms with Crippen LogP contribution in [0.15, 0.2) is 54.6 Å². The Hall–Kier alpha value is -3.22. The molecule has 34 heavy (non-hydrogen) atoms. The van der Waals surface area contributed by atoms with Gasteiger partial charge in [-0.3, -0.25) is 0 Å². The number of carbonyl (C=O) groups is 1. The molecule has 4 rings (SSSR count). The smallest absolute Gasteiger partial charge is 0.415 e. The third-order valence-electron chi connectivity index (χ3n) is 6.39. The molecule has 0 heterocycles. The van der Waals surface area contributed by atoms with Crippen LogP contribution < -0.4 is 10.1 Å². The van der Waals surface area contributed by atoms with Gasteiger partial charge in [-0.2, -0.15) is 0 Å². The van der Waals surface area contributed by atoms with Gasteiger partial charge in [0.05, 0.1) is 5.56 Å². The number of hydrogen-bond acceptors (Lipinski definition) is 5. The van der Waals surface area contributed by atoms with Crippen molar-refractivity contribution in [3.8, 4) is 17.2 Å². The molecule has 3 aromatic carbocycles. The van der Waals surface area contributed by atoms with Gasteiger partial charge in [-0.15, -0.1) is 0 Å². The number of carbonyl (C=O) groups excluding carboxylic acids is 1. The number of halogens is 1. The molecule has 7 heteroatoms. The highest BCUT2D eigenvalue weighted by atomic mass is 35.5. The predicted octanol–water partition coefficient (Wildman–Crippen LogP) is 5.91. The molecule has 0 aliphatic heterocycles. The summed E-state index contributed by atoms with van der Waals surface area (Å²) in [5, 5.41) is 27.0. The molecule has 1 aliphatic carbocycles. The average Bonchev–Trinajstić information content (AvgIpc) is 2.86. The Morgan fingerprint density at radius 1 is 1.12 bits per heavy atom. The SMILES string of the molecule is CNCCN(C)C(=O)Oc1c(C2=CCC(c3ccc(Cl)cc3)CC2)c(O)c2ccccc2c1O. The van der Waals surface area contributed by atoms with E-state index in [4.69, 9.17) is 16.3 Å². The van der Waals surface area contributed by atoms with Crippen molar-refractivity contribution in [1.82, 2.24) is 10.2 Å². The summed E-state index contributed by atoms with van der Waals surface area (Å²) < 4.78 is 5.70. The van der Waals surface area contributed by atoms with Crippen molar-refractivity contribution in [3.05, 3.63) is 70.8 Å². The molecule has 0 saturated carbocycles. The van der Waals surface area contributed by atoms with Crippen molar-refractivity contribution in [2.75, 3.05) is 27.2 Å². The van der Waals surface area contributed by atoms with Crippen LogP contribution in [0, 0.1) is 0 Å². The van der Waals surface area contributed by atoms with E-state index in [0.717, 1.165) is 18.4 Å². The maximum atomic E-state index is 12.8. The second-order valence-electron chi connectivity index (χ2n) is 8.59. The van der Waals surface area contributed by atoms with Crippen molar-refractivity contribution in [3.63, 3.8) is 0 Å². The van der Waals surface area contributed by atoms with E-state index < -0.39 is 6.09 Å². The van der Waals surface area contributed by atoms with Crippen molar-refractivity contribution in [2.24, 2.45) is 0 Å². The number of aromatic hydroxyl groups is 2.